The summed E-state index contributed by atoms with van der Waals surface area (Å²) in [6, 6.07) is 11.9. The lowest BCUT2D eigenvalue weighted by Gasteiger charge is -2.11. The molecule has 9 heteroatoms. The van der Waals surface area contributed by atoms with E-state index < -0.39 is 0 Å². The number of para-hydroxylation sites is 1. The maximum atomic E-state index is 6.12. The number of hydrogen-bond donors (Lipinski definition) is 2. The Morgan fingerprint density at radius 3 is 2.59 bits per heavy atom. The van der Waals surface area contributed by atoms with E-state index in [0.29, 0.717) is 16.7 Å². The molecule has 0 spiro atoms. The molecule has 0 aliphatic rings. The monoisotopic (exact) mass is 546 g/mol. The highest BCUT2D eigenvalue weighted by Gasteiger charge is 2.09. The minimum Gasteiger partial charge on any atom is -0.357 e. The molecule has 2 aromatic heterocycles. The molecule has 0 saturated heterocycles. The summed E-state index contributed by atoms with van der Waals surface area (Å²) in [5.41, 5.74) is 3.17. The first kappa shape index (κ1) is 23.6. The third kappa shape index (κ3) is 6.38. The second kappa shape index (κ2) is 11.5. The number of rotatable bonds is 7. The SMILES string of the molecule is CCNC(=NCc1cc(Cl)c(Cl)n1C)NCCc1cnn(-c2ccccc2)c1.I. The molecular formula is C20H25Cl2IN6. The minimum absolute atomic E-state index is 0. The van der Waals surface area contributed by atoms with Crippen molar-refractivity contribution in [3.63, 3.8) is 0 Å². The molecule has 3 aromatic rings. The summed E-state index contributed by atoms with van der Waals surface area (Å²) in [5.74, 6) is 0.756. The van der Waals surface area contributed by atoms with Crippen molar-refractivity contribution in [2.45, 2.75) is 19.9 Å². The first-order chi connectivity index (χ1) is 13.6. The predicted molar refractivity (Wildman–Crippen MR) is 131 cm³/mol. The molecule has 3 rings (SSSR count). The molecule has 29 heavy (non-hydrogen) atoms. The Kier molecular flexibility index (Phi) is 9.32. The van der Waals surface area contributed by atoms with E-state index in [9.17, 15) is 0 Å². The van der Waals surface area contributed by atoms with Crippen LogP contribution >= 0.6 is 47.2 Å². The van der Waals surface area contributed by atoms with E-state index in [2.05, 4.69) is 26.9 Å². The third-order valence-electron chi connectivity index (χ3n) is 4.32. The van der Waals surface area contributed by atoms with Gasteiger partial charge in [0.1, 0.15) is 5.15 Å². The number of guanidine groups is 1. The molecule has 1 aromatic carbocycles. The van der Waals surface area contributed by atoms with Gasteiger partial charge >= 0.3 is 0 Å². The first-order valence-electron chi connectivity index (χ1n) is 9.19. The minimum atomic E-state index is 0. The zero-order chi connectivity index (χ0) is 19.9. The normalized spacial score (nSPS) is 11.2. The van der Waals surface area contributed by atoms with Gasteiger partial charge in [-0.15, -0.1) is 24.0 Å². The highest BCUT2D eigenvalue weighted by molar-refractivity contribution is 14.0. The average Bonchev–Trinajstić information content (AvgIpc) is 3.27. The van der Waals surface area contributed by atoms with E-state index in [4.69, 9.17) is 23.2 Å². The molecule has 0 unspecified atom stereocenters. The van der Waals surface area contributed by atoms with Crippen molar-refractivity contribution in [3.05, 3.63) is 70.2 Å². The molecule has 2 heterocycles. The van der Waals surface area contributed by atoms with Crippen LogP contribution in [-0.4, -0.2) is 33.4 Å². The van der Waals surface area contributed by atoms with Gasteiger partial charge in [0.2, 0.25) is 0 Å². The van der Waals surface area contributed by atoms with E-state index in [1.54, 1.807) is 0 Å². The summed E-state index contributed by atoms with van der Waals surface area (Å²) < 4.78 is 3.73. The van der Waals surface area contributed by atoms with Crippen LogP contribution in [0, 0.1) is 0 Å². The molecule has 6 nitrogen and oxygen atoms in total. The van der Waals surface area contributed by atoms with Crippen molar-refractivity contribution in [2.75, 3.05) is 13.1 Å². The first-order valence-corrected chi connectivity index (χ1v) is 9.94. The Bertz CT molecular complexity index is 936. The summed E-state index contributed by atoms with van der Waals surface area (Å²) in [6.07, 6.45) is 4.79. The molecule has 0 saturated carbocycles. The van der Waals surface area contributed by atoms with E-state index >= 15 is 0 Å². The summed E-state index contributed by atoms with van der Waals surface area (Å²) >= 11 is 12.2. The van der Waals surface area contributed by atoms with Crippen molar-refractivity contribution in [2.24, 2.45) is 12.0 Å². The smallest absolute Gasteiger partial charge is 0.191 e. The molecule has 2 N–H and O–H groups in total. The highest BCUT2D eigenvalue weighted by atomic mass is 127. The van der Waals surface area contributed by atoms with Gasteiger partial charge in [-0.3, -0.25) is 0 Å². The maximum absolute atomic E-state index is 6.12. The van der Waals surface area contributed by atoms with Gasteiger partial charge in [0.25, 0.3) is 0 Å². The van der Waals surface area contributed by atoms with Gasteiger partial charge in [-0.2, -0.15) is 5.10 Å². The van der Waals surface area contributed by atoms with Crippen LogP contribution in [0.15, 0.2) is 53.8 Å². The molecule has 0 aliphatic heterocycles. The van der Waals surface area contributed by atoms with Crippen LogP contribution in [0.3, 0.4) is 0 Å². The van der Waals surface area contributed by atoms with Gasteiger partial charge in [-0.05, 0) is 37.1 Å². The second-order valence-electron chi connectivity index (χ2n) is 6.33. The van der Waals surface area contributed by atoms with E-state index in [0.717, 1.165) is 42.4 Å². The third-order valence-corrected chi connectivity index (χ3v) is 5.16. The fraction of sp³-hybridized carbons (Fsp3) is 0.300. The van der Waals surface area contributed by atoms with Gasteiger partial charge in [-0.25, -0.2) is 9.67 Å². The number of aromatic nitrogens is 3. The predicted octanol–water partition coefficient (Wildman–Crippen LogP) is 4.43. The lowest BCUT2D eigenvalue weighted by molar-refractivity contribution is 0.779. The van der Waals surface area contributed by atoms with Crippen LogP contribution < -0.4 is 10.6 Å². The van der Waals surface area contributed by atoms with Crippen molar-refractivity contribution < 1.29 is 0 Å². The molecule has 156 valence electrons. The number of halogens is 3. The number of hydrogen-bond acceptors (Lipinski definition) is 2. The quantitative estimate of drug-likeness (QED) is 0.262. The fourth-order valence-corrected chi connectivity index (χ4v) is 3.19. The van der Waals surface area contributed by atoms with Crippen molar-refractivity contribution in [1.29, 1.82) is 0 Å². The Hall–Kier alpha value is -1.71. The number of nitrogens with one attached hydrogen (secondary N) is 2. The van der Waals surface area contributed by atoms with Gasteiger partial charge in [-0.1, -0.05) is 41.4 Å². The topological polar surface area (TPSA) is 59.2 Å². The van der Waals surface area contributed by atoms with Crippen LogP contribution in [0.4, 0.5) is 0 Å². The van der Waals surface area contributed by atoms with Gasteiger partial charge in [0.05, 0.1) is 23.5 Å². The molecule has 0 atom stereocenters. The zero-order valence-electron chi connectivity index (χ0n) is 16.4. The molecule has 0 amide bonds. The maximum Gasteiger partial charge on any atom is 0.191 e. The average molecular weight is 547 g/mol. The van der Waals surface area contributed by atoms with Crippen molar-refractivity contribution in [3.8, 4) is 5.69 Å². The van der Waals surface area contributed by atoms with Crippen molar-refractivity contribution >= 4 is 53.1 Å². The van der Waals surface area contributed by atoms with Crippen LogP contribution in [0.5, 0.6) is 0 Å². The summed E-state index contributed by atoms with van der Waals surface area (Å²) in [4.78, 5) is 4.62. The molecule has 0 radical (unpaired) electrons. The molecule has 0 fully saturated rings. The largest absolute Gasteiger partial charge is 0.357 e. The molecule has 0 bridgehead atoms. The van der Waals surface area contributed by atoms with E-state index in [-0.39, 0.29) is 24.0 Å². The Labute approximate surface area is 198 Å². The fourth-order valence-electron chi connectivity index (χ4n) is 2.78. The number of benzene rings is 1. The van der Waals surface area contributed by atoms with Gasteiger partial charge in [0, 0.05) is 32.0 Å². The Morgan fingerprint density at radius 1 is 1.17 bits per heavy atom. The van der Waals surface area contributed by atoms with Crippen LogP contribution in [0.25, 0.3) is 5.69 Å². The van der Waals surface area contributed by atoms with Crippen LogP contribution in [0.1, 0.15) is 18.2 Å². The van der Waals surface area contributed by atoms with E-state index in [1.165, 1.54) is 0 Å². The highest BCUT2D eigenvalue weighted by Crippen LogP contribution is 2.25. The van der Waals surface area contributed by atoms with Gasteiger partial charge < -0.3 is 15.2 Å². The van der Waals surface area contributed by atoms with Crippen LogP contribution in [0.2, 0.25) is 10.2 Å². The molecular weight excluding hydrogens is 522 g/mol. The van der Waals surface area contributed by atoms with Gasteiger partial charge in [0.15, 0.2) is 5.96 Å². The zero-order valence-corrected chi connectivity index (χ0v) is 20.2. The summed E-state index contributed by atoms with van der Waals surface area (Å²) in [6.45, 7) is 4.06. The van der Waals surface area contributed by atoms with Crippen molar-refractivity contribution in [1.82, 2.24) is 25.0 Å². The second-order valence-corrected chi connectivity index (χ2v) is 7.10. The lowest BCUT2D eigenvalue weighted by Crippen LogP contribution is -2.38. The van der Waals surface area contributed by atoms with E-state index in [1.807, 2.05) is 65.8 Å². The van der Waals surface area contributed by atoms with Crippen LogP contribution in [-0.2, 0) is 20.0 Å². The Morgan fingerprint density at radius 2 is 1.93 bits per heavy atom. The Balaban J connectivity index is 0.00000300. The number of nitrogens with zero attached hydrogens (tertiary/aromatic N) is 4. The summed E-state index contributed by atoms with van der Waals surface area (Å²) in [7, 11) is 1.88. The standard InChI is InChI=1S/C20H24Cl2N6.HI/c1-3-23-20(25-13-17-11-18(21)19(22)27(17)2)24-10-9-15-12-26-28(14-15)16-7-5-4-6-8-16;/h4-8,11-12,14H,3,9-10,13H2,1-2H3,(H2,23,24,25);1H. The number of aliphatic imine (C=N–C) groups is 1. The lowest BCUT2D eigenvalue weighted by atomic mass is 10.2. The summed E-state index contributed by atoms with van der Waals surface area (Å²) in [5, 5.41) is 12.1. The molecule has 0 aliphatic carbocycles.